The van der Waals surface area contributed by atoms with Gasteiger partial charge >= 0.3 is 6.03 Å². The predicted octanol–water partition coefficient (Wildman–Crippen LogP) is 4.01. The highest BCUT2D eigenvalue weighted by molar-refractivity contribution is 6.04. The molecule has 1 fully saturated rings. The Labute approximate surface area is 199 Å². The Morgan fingerprint density at radius 1 is 0.971 bits per heavy atom. The molecule has 0 bridgehead atoms. The first-order chi connectivity index (χ1) is 16.6. The molecule has 0 unspecified atom stereocenters. The average Bonchev–Trinajstić information content (AvgIpc) is 2.86. The van der Waals surface area contributed by atoms with Crippen molar-refractivity contribution in [3.8, 4) is 0 Å². The van der Waals surface area contributed by atoms with Crippen molar-refractivity contribution in [1.29, 1.82) is 0 Å². The molecule has 0 atom stereocenters. The first-order valence-corrected chi connectivity index (χ1v) is 12.0. The third-order valence-electron chi connectivity index (χ3n) is 6.19. The zero-order valence-corrected chi connectivity index (χ0v) is 19.5. The minimum absolute atomic E-state index is 0.0135. The summed E-state index contributed by atoms with van der Waals surface area (Å²) in [6, 6.07) is 16.2. The molecule has 3 aromatic rings. The van der Waals surface area contributed by atoms with Crippen LogP contribution < -0.4 is 16.2 Å². The van der Waals surface area contributed by atoms with E-state index in [1.54, 1.807) is 17.0 Å². The third-order valence-corrected chi connectivity index (χ3v) is 6.19. The summed E-state index contributed by atoms with van der Waals surface area (Å²) in [5.74, 6) is -0.173. The van der Waals surface area contributed by atoms with Crippen LogP contribution in [0.4, 0.5) is 10.5 Å². The number of aryl methyl sites for hydroxylation is 1. The minimum atomic E-state index is -0.247. The normalized spacial score (nSPS) is 14.2. The van der Waals surface area contributed by atoms with Gasteiger partial charge in [0.25, 0.3) is 11.5 Å². The highest BCUT2D eigenvalue weighted by Crippen LogP contribution is 2.19. The number of piperidine rings is 1. The van der Waals surface area contributed by atoms with Crippen molar-refractivity contribution < 1.29 is 9.59 Å². The largest absolute Gasteiger partial charge is 0.337 e. The molecule has 34 heavy (non-hydrogen) atoms. The number of benzene rings is 2. The number of hydrogen-bond acceptors (Lipinski definition) is 4. The molecule has 2 N–H and O–H groups in total. The summed E-state index contributed by atoms with van der Waals surface area (Å²) in [6.45, 7) is 3.63. The molecule has 1 saturated heterocycles. The number of para-hydroxylation sites is 1. The summed E-state index contributed by atoms with van der Waals surface area (Å²) < 4.78 is 1.44. The van der Waals surface area contributed by atoms with Crippen molar-refractivity contribution >= 4 is 28.4 Å². The van der Waals surface area contributed by atoms with E-state index in [2.05, 4.69) is 22.7 Å². The lowest BCUT2D eigenvalue weighted by atomic mass is 10.0. The molecule has 2 heterocycles. The molecule has 8 heteroatoms. The van der Waals surface area contributed by atoms with Gasteiger partial charge in [0.15, 0.2) is 5.69 Å². The van der Waals surface area contributed by atoms with E-state index in [9.17, 15) is 14.4 Å². The van der Waals surface area contributed by atoms with Crippen molar-refractivity contribution in [2.75, 3.05) is 18.4 Å². The topological polar surface area (TPSA) is 96.3 Å². The number of nitrogens with zero attached hydrogens (tertiary/aromatic N) is 3. The fraction of sp³-hybridized carbons (Fsp3) is 0.385. The van der Waals surface area contributed by atoms with Gasteiger partial charge in [-0.2, -0.15) is 5.10 Å². The van der Waals surface area contributed by atoms with Gasteiger partial charge < -0.3 is 15.5 Å². The fourth-order valence-electron chi connectivity index (χ4n) is 4.31. The number of unbranched alkanes of at least 4 members (excludes halogenated alkanes) is 2. The van der Waals surface area contributed by atoms with Crippen molar-refractivity contribution in [1.82, 2.24) is 20.0 Å². The van der Waals surface area contributed by atoms with Crippen molar-refractivity contribution in [2.45, 2.75) is 51.6 Å². The summed E-state index contributed by atoms with van der Waals surface area (Å²) in [7, 11) is 0. The number of rotatable bonds is 7. The SMILES string of the molecule is CCCCCn1nc(C(=O)N2CCC(NC(=O)Nc3ccccc3)CC2)c2ccccc2c1=O. The maximum absolute atomic E-state index is 13.4. The molecule has 0 spiro atoms. The molecule has 8 nitrogen and oxygen atoms in total. The van der Waals surface area contributed by atoms with Gasteiger partial charge in [-0.3, -0.25) is 9.59 Å². The van der Waals surface area contributed by atoms with Gasteiger partial charge in [-0.15, -0.1) is 0 Å². The van der Waals surface area contributed by atoms with Crippen molar-refractivity contribution in [3.63, 3.8) is 0 Å². The number of carbonyl (C=O) groups is 2. The zero-order valence-electron chi connectivity index (χ0n) is 19.5. The first kappa shape index (κ1) is 23.5. The van der Waals surface area contributed by atoms with Crippen LogP contribution in [0.5, 0.6) is 0 Å². The van der Waals surface area contributed by atoms with Crippen LogP contribution in [0.1, 0.15) is 49.5 Å². The van der Waals surface area contributed by atoms with E-state index in [0.717, 1.165) is 24.9 Å². The molecule has 4 rings (SSSR count). The Morgan fingerprint density at radius 3 is 2.35 bits per heavy atom. The number of fused-ring (bicyclic) bond motifs is 1. The summed E-state index contributed by atoms with van der Waals surface area (Å²) >= 11 is 0. The number of likely N-dealkylation sites (tertiary alicyclic amines) is 1. The Balaban J connectivity index is 1.43. The van der Waals surface area contributed by atoms with E-state index < -0.39 is 0 Å². The standard InChI is InChI=1S/C26H31N5O3/c1-2-3-9-16-31-24(32)22-13-8-7-12-21(22)23(29-31)25(33)30-17-14-20(15-18-30)28-26(34)27-19-10-5-4-6-11-19/h4-8,10-13,20H,2-3,9,14-18H2,1H3,(H2,27,28,34). The summed E-state index contributed by atoms with van der Waals surface area (Å²) in [5.41, 5.74) is 0.898. The van der Waals surface area contributed by atoms with Crippen molar-refractivity contribution in [3.05, 3.63) is 70.6 Å². The molecular formula is C26H31N5O3. The van der Waals surface area contributed by atoms with E-state index in [1.807, 2.05) is 42.5 Å². The van der Waals surface area contributed by atoms with Crippen LogP contribution in [0.2, 0.25) is 0 Å². The number of amides is 3. The van der Waals surface area contributed by atoms with Gasteiger partial charge in [-0.25, -0.2) is 9.48 Å². The number of aromatic nitrogens is 2. The predicted molar refractivity (Wildman–Crippen MR) is 133 cm³/mol. The molecule has 1 aliphatic rings. The van der Waals surface area contributed by atoms with Crippen LogP contribution in [0.25, 0.3) is 10.8 Å². The number of nitrogens with one attached hydrogen (secondary N) is 2. The molecule has 2 aromatic carbocycles. The van der Waals surface area contributed by atoms with Gasteiger partial charge in [-0.05, 0) is 37.5 Å². The second-order valence-electron chi connectivity index (χ2n) is 8.66. The number of anilines is 1. The highest BCUT2D eigenvalue weighted by atomic mass is 16.2. The van der Waals surface area contributed by atoms with Crippen LogP contribution >= 0.6 is 0 Å². The minimum Gasteiger partial charge on any atom is -0.337 e. The first-order valence-electron chi connectivity index (χ1n) is 12.0. The smallest absolute Gasteiger partial charge is 0.319 e. The Morgan fingerprint density at radius 2 is 1.65 bits per heavy atom. The molecule has 0 aliphatic carbocycles. The molecule has 1 aromatic heterocycles. The average molecular weight is 462 g/mol. The van der Waals surface area contributed by atoms with Crippen LogP contribution in [-0.2, 0) is 6.54 Å². The molecule has 3 amide bonds. The van der Waals surface area contributed by atoms with Gasteiger partial charge in [0.2, 0.25) is 0 Å². The Bertz CT molecular complexity index is 1200. The highest BCUT2D eigenvalue weighted by Gasteiger charge is 2.27. The molecule has 0 radical (unpaired) electrons. The van der Waals surface area contributed by atoms with Crippen LogP contribution in [0, 0.1) is 0 Å². The van der Waals surface area contributed by atoms with E-state index in [1.165, 1.54) is 4.68 Å². The number of urea groups is 1. The van der Waals surface area contributed by atoms with E-state index >= 15 is 0 Å². The Kier molecular flexibility index (Phi) is 7.57. The van der Waals surface area contributed by atoms with Crippen LogP contribution in [0.15, 0.2) is 59.4 Å². The maximum atomic E-state index is 13.4. The quantitative estimate of drug-likeness (QED) is 0.520. The lowest BCUT2D eigenvalue weighted by Crippen LogP contribution is -2.48. The van der Waals surface area contributed by atoms with E-state index in [0.29, 0.717) is 48.9 Å². The maximum Gasteiger partial charge on any atom is 0.319 e. The summed E-state index contributed by atoms with van der Waals surface area (Å²) in [4.78, 5) is 40.4. The zero-order chi connectivity index (χ0) is 23.9. The summed E-state index contributed by atoms with van der Waals surface area (Å²) in [6.07, 6.45) is 4.20. The second-order valence-corrected chi connectivity index (χ2v) is 8.66. The van der Waals surface area contributed by atoms with E-state index in [-0.39, 0.29) is 23.5 Å². The lowest BCUT2D eigenvalue weighted by Gasteiger charge is -2.32. The fourth-order valence-corrected chi connectivity index (χ4v) is 4.31. The number of hydrogen-bond donors (Lipinski definition) is 2. The lowest BCUT2D eigenvalue weighted by molar-refractivity contribution is 0.0702. The third kappa shape index (κ3) is 5.44. The van der Waals surface area contributed by atoms with Gasteiger partial charge in [0.05, 0.1) is 5.39 Å². The van der Waals surface area contributed by atoms with Gasteiger partial charge in [0, 0.05) is 36.7 Å². The van der Waals surface area contributed by atoms with Crippen molar-refractivity contribution in [2.24, 2.45) is 0 Å². The van der Waals surface area contributed by atoms with Crippen LogP contribution in [-0.4, -0.2) is 45.8 Å². The van der Waals surface area contributed by atoms with Gasteiger partial charge in [0.1, 0.15) is 0 Å². The Hall–Kier alpha value is -3.68. The van der Waals surface area contributed by atoms with Crippen LogP contribution in [0.3, 0.4) is 0 Å². The monoisotopic (exact) mass is 461 g/mol. The van der Waals surface area contributed by atoms with Gasteiger partial charge in [-0.1, -0.05) is 56.2 Å². The molecule has 1 aliphatic heterocycles. The molecular weight excluding hydrogens is 430 g/mol. The second kappa shape index (κ2) is 11.0. The molecule has 178 valence electrons. The number of carbonyl (C=O) groups excluding carboxylic acids is 2. The summed E-state index contributed by atoms with van der Waals surface area (Å²) in [5, 5.41) is 11.4. The molecule has 0 saturated carbocycles. The van der Waals surface area contributed by atoms with E-state index in [4.69, 9.17) is 0 Å².